The van der Waals surface area contributed by atoms with E-state index in [1.807, 2.05) is 0 Å². The summed E-state index contributed by atoms with van der Waals surface area (Å²) in [5.74, 6) is 1.09. The van der Waals surface area contributed by atoms with E-state index in [-0.39, 0.29) is 28.7 Å². The van der Waals surface area contributed by atoms with E-state index in [0.29, 0.717) is 11.5 Å². The lowest BCUT2D eigenvalue weighted by Gasteiger charge is -2.12. The van der Waals surface area contributed by atoms with Crippen LogP contribution in [0.5, 0.6) is 40.2 Å². The molecule has 0 saturated heterocycles. The molecule has 0 atom stereocenters. The molecule has 0 aromatic heterocycles. The quantitative estimate of drug-likeness (QED) is 0.666. The van der Waals surface area contributed by atoms with Crippen LogP contribution in [0.2, 0.25) is 0 Å². The summed E-state index contributed by atoms with van der Waals surface area (Å²) < 4.78 is 11.1. The Balaban J connectivity index is 1.86. The summed E-state index contributed by atoms with van der Waals surface area (Å²) in [7, 11) is 0. The molecule has 0 bridgehead atoms. The third-order valence-electron chi connectivity index (χ3n) is 3.05. The first-order valence-corrected chi connectivity index (χ1v) is 6.87. The third kappa shape index (κ3) is 3.47. The van der Waals surface area contributed by atoms with Gasteiger partial charge in [0.25, 0.3) is 0 Å². The smallest absolute Gasteiger partial charge is 0.202 e. The molecule has 23 heavy (non-hydrogen) atoms. The van der Waals surface area contributed by atoms with E-state index in [0.717, 1.165) is 0 Å². The summed E-state index contributed by atoms with van der Waals surface area (Å²) in [6.45, 7) is 0. The highest BCUT2D eigenvalue weighted by Crippen LogP contribution is 2.40. The van der Waals surface area contributed by atoms with Crippen molar-refractivity contribution in [2.24, 2.45) is 0 Å². The molecular formula is C18H14O5. The zero-order chi connectivity index (χ0) is 16.2. The van der Waals surface area contributed by atoms with Gasteiger partial charge in [0.2, 0.25) is 5.75 Å². The summed E-state index contributed by atoms with van der Waals surface area (Å²) in [6.07, 6.45) is 0. The first-order chi connectivity index (χ1) is 11.1. The molecule has 0 aliphatic carbocycles. The van der Waals surface area contributed by atoms with Gasteiger partial charge in [0.15, 0.2) is 11.5 Å². The molecule has 116 valence electrons. The standard InChI is InChI=1S/C18H14O5/c19-12-4-1-6-14(10-12)22-16-8-3-9-17(18(16)21)23-15-7-2-5-13(20)11-15/h1-11,19-21H. The Hall–Kier alpha value is -3.34. The van der Waals surface area contributed by atoms with Crippen molar-refractivity contribution in [3.8, 4) is 40.2 Å². The average Bonchev–Trinajstić information content (AvgIpc) is 2.51. The predicted octanol–water partition coefficient (Wildman–Crippen LogP) is 4.39. The second kappa shape index (κ2) is 6.19. The zero-order valence-electron chi connectivity index (χ0n) is 12.0. The number of ether oxygens (including phenoxy) is 2. The highest BCUT2D eigenvalue weighted by Gasteiger charge is 2.11. The maximum Gasteiger partial charge on any atom is 0.202 e. The second-order valence-electron chi connectivity index (χ2n) is 4.80. The molecule has 3 aromatic carbocycles. The molecule has 0 saturated carbocycles. The Kier molecular flexibility index (Phi) is 3.93. The number of para-hydroxylation sites is 1. The van der Waals surface area contributed by atoms with Crippen molar-refractivity contribution in [1.82, 2.24) is 0 Å². The normalized spacial score (nSPS) is 10.3. The largest absolute Gasteiger partial charge is 0.508 e. The van der Waals surface area contributed by atoms with Crippen LogP contribution in [-0.4, -0.2) is 15.3 Å². The van der Waals surface area contributed by atoms with Gasteiger partial charge in [-0.3, -0.25) is 0 Å². The number of phenols is 3. The molecule has 5 nitrogen and oxygen atoms in total. The Bertz CT molecular complexity index is 763. The van der Waals surface area contributed by atoms with Gasteiger partial charge in [0, 0.05) is 12.1 Å². The topological polar surface area (TPSA) is 79.2 Å². The molecule has 0 amide bonds. The zero-order valence-corrected chi connectivity index (χ0v) is 12.0. The van der Waals surface area contributed by atoms with Gasteiger partial charge in [0.05, 0.1) is 0 Å². The van der Waals surface area contributed by atoms with Crippen LogP contribution in [0.15, 0.2) is 66.7 Å². The lowest BCUT2D eigenvalue weighted by atomic mass is 10.2. The maximum absolute atomic E-state index is 10.3. The molecule has 0 aliphatic rings. The SMILES string of the molecule is Oc1cccc(Oc2cccc(Oc3cccc(O)c3)c2O)c1. The molecule has 3 rings (SSSR count). The van der Waals surface area contributed by atoms with Crippen molar-refractivity contribution in [3.63, 3.8) is 0 Å². The number of benzene rings is 3. The van der Waals surface area contributed by atoms with E-state index in [9.17, 15) is 15.3 Å². The van der Waals surface area contributed by atoms with Crippen LogP contribution in [0, 0.1) is 0 Å². The van der Waals surface area contributed by atoms with Gasteiger partial charge in [-0.15, -0.1) is 0 Å². The van der Waals surface area contributed by atoms with Gasteiger partial charge in [-0.25, -0.2) is 0 Å². The molecule has 5 heteroatoms. The van der Waals surface area contributed by atoms with Crippen LogP contribution in [0.3, 0.4) is 0 Å². The van der Waals surface area contributed by atoms with Gasteiger partial charge in [0.1, 0.15) is 23.0 Å². The predicted molar refractivity (Wildman–Crippen MR) is 84.5 cm³/mol. The van der Waals surface area contributed by atoms with Crippen molar-refractivity contribution in [2.75, 3.05) is 0 Å². The van der Waals surface area contributed by atoms with Gasteiger partial charge in [-0.2, -0.15) is 0 Å². The fourth-order valence-corrected chi connectivity index (χ4v) is 2.01. The Labute approximate surface area is 132 Å². The molecule has 0 radical (unpaired) electrons. The molecule has 0 unspecified atom stereocenters. The number of phenolic OH excluding ortho intramolecular Hbond substituents is 3. The molecule has 0 heterocycles. The highest BCUT2D eigenvalue weighted by molar-refractivity contribution is 5.53. The number of aromatic hydroxyl groups is 3. The first-order valence-electron chi connectivity index (χ1n) is 6.87. The fraction of sp³-hybridized carbons (Fsp3) is 0. The molecule has 0 aliphatic heterocycles. The van der Waals surface area contributed by atoms with E-state index in [4.69, 9.17) is 9.47 Å². The van der Waals surface area contributed by atoms with E-state index < -0.39 is 0 Å². The third-order valence-corrected chi connectivity index (χ3v) is 3.05. The number of rotatable bonds is 4. The van der Waals surface area contributed by atoms with Crippen LogP contribution in [0.1, 0.15) is 0 Å². The average molecular weight is 310 g/mol. The first kappa shape index (κ1) is 14.6. The van der Waals surface area contributed by atoms with Crippen LogP contribution in [0.4, 0.5) is 0 Å². The van der Waals surface area contributed by atoms with Gasteiger partial charge in [-0.05, 0) is 36.4 Å². The van der Waals surface area contributed by atoms with E-state index in [1.165, 1.54) is 24.3 Å². The number of hydrogen-bond acceptors (Lipinski definition) is 5. The fourth-order valence-electron chi connectivity index (χ4n) is 2.01. The van der Waals surface area contributed by atoms with Crippen molar-refractivity contribution in [2.45, 2.75) is 0 Å². The summed E-state index contributed by atoms with van der Waals surface area (Å²) in [4.78, 5) is 0. The molecule has 0 spiro atoms. The lowest BCUT2D eigenvalue weighted by molar-refractivity contribution is 0.376. The van der Waals surface area contributed by atoms with Crippen molar-refractivity contribution >= 4 is 0 Å². The summed E-state index contributed by atoms with van der Waals surface area (Å²) in [5.41, 5.74) is 0. The van der Waals surface area contributed by atoms with Crippen LogP contribution in [-0.2, 0) is 0 Å². The van der Waals surface area contributed by atoms with Crippen LogP contribution < -0.4 is 9.47 Å². The minimum atomic E-state index is -0.181. The van der Waals surface area contributed by atoms with Crippen molar-refractivity contribution < 1.29 is 24.8 Å². The molecule has 3 N–H and O–H groups in total. The van der Waals surface area contributed by atoms with E-state index in [1.54, 1.807) is 42.5 Å². The van der Waals surface area contributed by atoms with Crippen LogP contribution in [0.25, 0.3) is 0 Å². The Morgan fingerprint density at radius 1 is 0.565 bits per heavy atom. The van der Waals surface area contributed by atoms with Gasteiger partial charge in [-0.1, -0.05) is 18.2 Å². The molecule has 3 aromatic rings. The maximum atomic E-state index is 10.3. The Morgan fingerprint density at radius 2 is 1.00 bits per heavy atom. The Morgan fingerprint density at radius 3 is 1.43 bits per heavy atom. The highest BCUT2D eigenvalue weighted by atomic mass is 16.5. The van der Waals surface area contributed by atoms with Crippen molar-refractivity contribution in [3.05, 3.63) is 66.7 Å². The van der Waals surface area contributed by atoms with Crippen molar-refractivity contribution in [1.29, 1.82) is 0 Å². The van der Waals surface area contributed by atoms with Gasteiger partial charge < -0.3 is 24.8 Å². The summed E-state index contributed by atoms with van der Waals surface area (Å²) in [6, 6.07) is 17.3. The lowest BCUT2D eigenvalue weighted by Crippen LogP contribution is -1.89. The minimum Gasteiger partial charge on any atom is -0.508 e. The monoisotopic (exact) mass is 310 g/mol. The molecule has 0 fully saturated rings. The van der Waals surface area contributed by atoms with Gasteiger partial charge >= 0.3 is 0 Å². The second-order valence-corrected chi connectivity index (χ2v) is 4.80. The van der Waals surface area contributed by atoms with Crippen LogP contribution >= 0.6 is 0 Å². The molecular weight excluding hydrogens is 296 g/mol. The van der Waals surface area contributed by atoms with E-state index in [2.05, 4.69) is 0 Å². The summed E-state index contributed by atoms with van der Waals surface area (Å²) >= 11 is 0. The number of hydrogen-bond donors (Lipinski definition) is 3. The minimum absolute atomic E-state index is 0.0640. The summed E-state index contributed by atoms with van der Waals surface area (Å²) in [5, 5.41) is 29.2. The van der Waals surface area contributed by atoms with E-state index >= 15 is 0 Å².